The zero-order valence-corrected chi connectivity index (χ0v) is 13.4. The molecule has 112 valence electrons. The van der Waals surface area contributed by atoms with Crippen molar-refractivity contribution >= 4 is 23.9 Å². The van der Waals surface area contributed by atoms with Gasteiger partial charge in [0.05, 0.1) is 12.1 Å². The van der Waals surface area contributed by atoms with Gasteiger partial charge in [-0.25, -0.2) is 9.65 Å². The van der Waals surface area contributed by atoms with Crippen molar-refractivity contribution in [3.63, 3.8) is 0 Å². The highest BCUT2D eigenvalue weighted by molar-refractivity contribution is 7.84. The number of ketones is 1. The molecule has 0 spiro atoms. The van der Waals surface area contributed by atoms with Crippen molar-refractivity contribution in [2.24, 2.45) is 0 Å². The second-order valence-corrected chi connectivity index (χ2v) is 7.30. The lowest BCUT2D eigenvalue weighted by Gasteiger charge is -2.18. The molecule has 0 bridgehead atoms. The molecule has 1 N–H and O–H groups in total. The van der Waals surface area contributed by atoms with E-state index in [0.717, 1.165) is 0 Å². The van der Waals surface area contributed by atoms with E-state index in [1.54, 1.807) is 37.3 Å². The summed E-state index contributed by atoms with van der Waals surface area (Å²) in [5.74, 6) is 0.132. The Kier molecular flexibility index (Phi) is 6.69. The van der Waals surface area contributed by atoms with Gasteiger partial charge < -0.3 is 9.26 Å². The molecule has 1 aromatic carbocycles. The molecule has 0 aliphatic rings. The van der Waals surface area contributed by atoms with Crippen molar-refractivity contribution in [1.82, 2.24) is 5.09 Å². The van der Waals surface area contributed by atoms with E-state index in [0.29, 0.717) is 5.75 Å². The molecule has 7 heteroatoms. The molecule has 2 atom stereocenters. The maximum Gasteiger partial charge on any atom is 0.409 e. The van der Waals surface area contributed by atoms with E-state index in [-0.39, 0.29) is 18.5 Å². The van der Waals surface area contributed by atoms with Gasteiger partial charge in [0, 0.05) is 11.2 Å². The Hall–Kier alpha value is -0.870. The first-order chi connectivity index (χ1) is 9.30. The molecule has 0 aliphatic carbocycles. The lowest BCUT2D eigenvalue weighted by molar-refractivity contribution is -0.126. The van der Waals surface area contributed by atoms with Crippen molar-refractivity contribution in [3.05, 3.63) is 30.3 Å². The largest absolute Gasteiger partial charge is 0.422 e. The van der Waals surface area contributed by atoms with Gasteiger partial charge in [0.25, 0.3) is 0 Å². The third-order valence-electron chi connectivity index (χ3n) is 2.36. The predicted octanol–water partition coefficient (Wildman–Crippen LogP) is 3.38. The van der Waals surface area contributed by atoms with E-state index in [1.807, 2.05) is 13.8 Å². The van der Waals surface area contributed by atoms with E-state index in [2.05, 4.69) is 5.09 Å². The predicted molar refractivity (Wildman–Crippen MR) is 79.2 cm³/mol. The summed E-state index contributed by atoms with van der Waals surface area (Å²) in [5.41, 5.74) is 0. The first-order valence-electron chi connectivity index (χ1n) is 6.26. The molecule has 0 saturated heterocycles. The van der Waals surface area contributed by atoms with Crippen molar-refractivity contribution in [2.75, 3.05) is 6.61 Å². The molecule has 0 amide bonds. The van der Waals surface area contributed by atoms with Gasteiger partial charge in [0.2, 0.25) is 0 Å². The summed E-state index contributed by atoms with van der Waals surface area (Å²) in [5, 5.41) is 2.50. The van der Waals surface area contributed by atoms with Gasteiger partial charge in [-0.3, -0.25) is 4.79 Å². The first kappa shape index (κ1) is 17.2. The normalized spacial score (nSPS) is 15.7. The quantitative estimate of drug-likeness (QED) is 0.744. The van der Waals surface area contributed by atoms with Crippen LogP contribution in [-0.4, -0.2) is 24.5 Å². The highest BCUT2D eigenvalue weighted by atomic mass is 35.7. The van der Waals surface area contributed by atoms with Gasteiger partial charge >= 0.3 is 6.87 Å². The molecular formula is C13H19ClNO4P. The van der Waals surface area contributed by atoms with Crippen LogP contribution in [0.25, 0.3) is 0 Å². The summed E-state index contributed by atoms with van der Waals surface area (Å²) in [7, 11) is 0. The molecule has 0 heterocycles. The number of carbonyl (C=O) groups is 1. The molecule has 1 unspecified atom stereocenters. The zero-order valence-electron chi connectivity index (χ0n) is 11.7. The van der Waals surface area contributed by atoms with Gasteiger partial charge in [-0.2, -0.15) is 0 Å². The minimum absolute atomic E-state index is 0.0467. The topological polar surface area (TPSA) is 64.6 Å². The second kappa shape index (κ2) is 7.79. The number of rotatable bonds is 8. The van der Waals surface area contributed by atoms with Crippen molar-refractivity contribution in [2.45, 2.75) is 32.9 Å². The highest BCUT2D eigenvalue weighted by Crippen LogP contribution is 2.48. The van der Waals surface area contributed by atoms with Gasteiger partial charge in [0.1, 0.15) is 12.4 Å². The number of halogens is 1. The summed E-state index contributed by atoms with van der Waals surface area (Å²) in [4.78, 5) is 11.8. The Bertz CT molecular complexity index is 481. The molecule has 1 rings (SSSR count). The van der Waals surface area contributed by atoms with Crippen LogP contribution in [0.1, 0.15) is 20.8 Å². The average molecular weight is 320 g/mol. The van der Waals surface area contributed by atoms with Crippen molar-refractivity contribution < 1.29 is 18.6 Å². The average Bonchev–Trinajstić information content (AvgIpc) is 2.35. The molecule has 1 aromatic rings. The molecule has 0 aliphatic heterocycles. The zero-order chi connectivity index (χ0) is 15.2. The van der Waals surface area contributed by atoms with Crippen LogP contribution < -0.4 is 9.61 Å². The summed E-state index contributed by atoms with van der Waals surface area (Å²) in [6.45, 7) is 1.54. The Morgan fingerprint density at radius 2 is 1.90 bits per heavy atom. The molecule has 5 nitrogen and oxygen atoms in total. The van der Waals surface area contributed by atoms with E-state index in [9.17, 15) is 9.36 Å². The summed E-state index contributed by atoms with van der Waals surface area (Å²) < 4.78 is 22.4. The second-order valence-electron chi connectivity index (χ2n) is 4.56. The lowest BCUT2D eigenvalue weighted by Crippen LogP contribution is -2.34. The fourth-order valence-electron chi connectivity index (χ4n) is 1.32. The SMILES string of the molecule is CC(C)OCC(=O)[C@H](C)NP(=O)(Cl)Oc1ccccc1. The molecule has 0 aromatic heterocycles. The van der Waals surface area contributed by atoms with Crippen LogP contribution in [0.3, 0.4) is 0 Å². The number of para-hydroxylation sites is 1. The third-order valence-corrected chi connectivity index (χ3v) is 4.00. The maximum absolute atomic E-state index is 12.1. The van der Waals surface area contributed by atoms with E-state index in [1.165, 1.54) is 0 Å². The third kappa shape index (κ3) is 6.53. The fraction of sp³-hybridized carbons (Fsp3) is 0.462. The molecule has 0 radical (unpaired) electrons. The number of hydrogen-bond donors (Lipinski definition) is 1. The van der Waals surface area contributed by atoms with E-state index < -0.39 is 12.9 Å². The molecular weight excluding hydrogens is 301 g/mol. The number of Topliss-reactive ketones (excluding diaryl/α,β-unsaturated/α-hetero) is 1. The number of benzene rings is 1. The highest BCUT2D eigenvalue weighted by Gasteiger charge is 2.27. The molecule has 0 saturated carbocycles. The number of carbonyl (C=O) groups excluding carboxylic acids is 1. The van der Waals surface area contributed by atoms with Crippen LogP contribution in [0.5, 0.6) is 5.75 Å². The molecule has 0 fully saturated rings. The minimum atomic E-state index is -3.63. The summed E-state index contributed by atoms with van der Waals surface area (Å²) in [6, 6.07) is 7.81. The Balaban J connectivity index is 2.53. The van der Waals surface area contributed by atoms with Crippen LogP contribution >= 0.6 is 18.1 Å². The first-order valence-corrected chi connectivity index (χ1v) is 8.79. The van der Waals surface area contributed by atoms with Gasteiger partial charge in [-0.05, 0) is 32.9 Å². The van der Waals surface area contributed by atoms with Crippen LogP contribution in [0.2, 0.25) is 0 Å². The summed E-state index contributed by atoms with van der Waals surface area (Å²) >= 11 is 5.80. The Morgan fingerprint density at radius 1 is 1.30 bits per heavy atom. The van der Waals surface area contributed by atoms with Gasteiger partial charge in [0.15, 0.2) is 5.78 Å². The summed E-state index contributed by atoms with van der Waals surface area (Å²) in [6.07, 6.45) is -0.0467. The van der Waals surface area contributed by atoms with Crippen LogP contribution in [0.4, 0.5) is 0 Å². The van der Waals surface area contributed by atoms with Crippen LogP contribution in [-0.2, 0) is 14.1 Å². The van der Waals surface area contributed by atoms with Crippen LogP contribution in [0, 0.1) is 0 Å². The van der Waals surface area contributed by atoms with E-state index >= 15 is 0 Å². The Labute approximate surface area is 123 Å². The number of hydrogen-bond acceptors (Lipinski definition) is 4. The monoisotopic (exact) mass is 319 g/mol. The van der Waals surface area contributed by atoms with Gasteiger partial charge in [-0.1, -0.05) is 18.2 Å². The number of nitrogens with one attached hydrogen (secondary N) is 1. The minimum Gasteiger partial charge on any atom is -0.422 e. The van der Waals surface area contributed by atoms with Crippen molar-refractivity contribution in [1.29, 1.82) is 0 Å². The molecule has 20 heavy (non-hydrogen) atoms. The van der Waals surface area contributed by atoms with E-state index in [4.69, 9.17) is 20.5 Å². The maximum atomic E-state index is 12.1. The Morgan fingerprint density at radius 3 is 2.45 bits per heavy atom. The lowest BCUT2D eigenvalue weighted by atomic mass is 10.2. The standard InChI is InChI=1S/C13H19ClNO4P/c1-10(2)18-9-13(16)11(3)15-20(14,17)19-12-7-5-4-6-8-12/h4-8,10-11H,9H2,1-3H3,(H,15,17)/t11-,20?/m0/s1. The smallest absolute Gasteiger partial charge is 0.409 e. The van der Waals surface area contributed by atoms with Gasteiger partial charge in [-0.15, -0.1) is 0 Å². The fourth-order valence-corrected chi connectivity index (χ4v) is 3.05. The van der Waals surface area contributed by atoms with Crippen LogP contribution in [0.15, 0.2) is 30.3 Å². The van der Waals surface area contributed by atoms with Crippen molar-refractivity contribution in [3.8, 4) is 5.75 Å². The number of ether oxygens (including phenoxy) is 1.